The Hall–Kier alpha value is -1.59. The van der Waals surface area contributed by atoms with Crippen LogP contribution in [0.5, 0.6) is 0 Å². The molecular weight excluding hydrogens is 300 g/mol. The summed E-state index contributed by atoms with van der Waals surface area (Å²) < 4.78 is 10.2. The van der Waals surface area contributed by atoms with Crippen LogP contribution in [0.1, 0.15) is 65.7 Å². The largest absolute Gasteiger partial charge is 0.481 e. The molecule has 0 heterocycles. The summed E-state index contributed by atoms with van der Waals surface area (Å²) in [4.78, 5) is 34.7. The first kappa shape index (κ1) is 19.5. The molecule has 0 bridgehead atoms. The SMILES string of the molecule is CCC(C)(C)C(=O)OCCOC(=O)CC1(CC(=O)O)CCCC1. The molecule has 0 amide bonds. The highest BCUT2D eigenvalue weighted by Crippen LogP contribution is 2.44. The number of ether oxygens (including phenoxy) is 2. The average Bonchev–Trinajstić information content (AvgIpc) is 2.90. The van der Waals surface area contributed by atoms with Crippen molar-refractivity contribution in [2.45, 2.75) is 65.7 Å². The molecule has 6 heteroatoms. The van der Waals surface area contributed by atoms with E-state index in [1.165, 1.54) is 0 Å². The van der Waals surface area contributed by atoms with E-state index in [2.05, 4.69) is 0 Å². The number of aliphatic carboxylic acids is 1. The highest BCUT2D eigenvalue weighted by molar-refractivity contribution is 5.76. The van der Waals surface area contributed by atoms with Gasteiger partial charge in [0.15, 0.2) is 0 Å². The third-order valence-corrected chi connectivity index (χ3v) is 4.73. The molecule has 1 N–H and O–H groups in total. The minimum Gasteiger partial charge on any atom is -0.481 e. The second kappa shape index (κ2) is 8.31. The van der Waals surface area contributed by atoms with Crippen LogP contribution < -0.4 is 0 Å². The summed E-state index contributed by atoms with van der Waals surface area (Å²) in [5, 5.41) is 9.02. The van der Waals surface area contributed by atoms with Crippen LogP contribution in [0.25, 0.3) is 0 Å². The normalized spacial score (nSPS) is 16.8. The van der Waals surface area contributed by atoms with Gasteiger partial charge in [0.1, 0.15) is 13.2 Å². The van der Waals surface area contributed by atoms with Crippen molar-refractivity contribution in [3.8, 4) is 0 Å². The molecule has 23 heavy (non-hydrogen) atoms. The van der Waals surface area contributed by atoms with Crippen molar-refractivity contribution in [2.24, 2.45) is 10.8 Å². The number of carbonyl (C=O) groups excluding carboxylic acids is 2. The molecule has 0 radical (unpaired) electrons. The Morgan fingerprint density at radius 2 is 1.61 bits per heavy atom. The Morgan fingerprint density at radius 3 is 2.13 bits per heavy atom. The number of carboxylic acids is 1. The first-order valence-electron chi connectivity index (χ1n) is 8.25. The van der Waals surface area contributed by atoms with E-state index in [9.17, 15) is 14.4 Å². The van der Waals surface area contributed by atoms with E-state index in [1.807, 2.05) is 6.92 Å². The van der Waals surface area contributed by atoms with Gasteiger partial charge in [0, 0.05) is 0 Å². The molecule has 0 spiro atoms. The van der Waals surface area contributed by atoms with Gasteiger partial charge in [-0.05, 0) is 38.5 Å². The molecule has 0 aliphatic heterocycles. The van der Waals surface area contributed by atoms with Gasteiger partial charge in [-0.25, -0.2) is 0 Å². The van der Waals surface area contributed by atoms with Crippen LogP contribution in [0.2, 0.25) is 0 Å². The fourth-order valence-corrected chi connectivity index (χ4v) is 2.85. The van der Waals surface area contributed by atoms with Crippen LogP contribution in [-0.4, -0.2) is 36.2 Å². The maximum atomic E-state index is 11.9. The summed E-state index contributed by atoms with van der Waals surface area (Å²) in [6, 6.07) is 0. The molecule has 1 aliphatic carbocycles. The monoisotopic (exact) mass is 328 g/mol. The van der Waals surface area contributed by atoms with Crippen LogP contribution in [0.4, 0.5) is 0 Å². The van der Waals surface area contributed by atoms with Gasteiger partial charge in [-0.1, -0.05) is 19.8 Å². The molecule has 1 aliphatic rings. The first-order chi connectivity index (χ1) is 10.7. The van der Waals surface area contributed by atoms with Crippen LogP contribution in [-0.2, 0) is 23.9 Å². The molecule has 132 valence electrons. The lowest BCUT2D eigenvalue weighted by atomic mass is 9.79. The molecule has 0 unspecified atom stereocenters. The lowest BCUT2D eigenvalue weighted by Crippen LogP contribution is -2.28. The summed E-state index contributed by atoms with van der Waals surface area (Å²) in [6.07, 6.45) is 4.18. The minimum atomic E-state index is -0.879. The highest BCUT2D eigenvalue weighted by atomic mass is 16.6. The maximum absolute atomic E-state index is 11.9. The molecule has 0 aromatic carbocycles. The van der Waals surface area contributed by atoms with Gasteiger partial charge >= 0.3 is 17.9 Å². The lowest BCUT2D eigenvalue weighted by Gasteiger charge is -2.25. The van der Waals surface area contributed by atoms with E-state index in [-0.39, 0.29) is 32.0 Å². The van der Waals surface area contributed by atoms with E-state index < -0.39 is 22.8 Å². The summed E-state index contributed by atoms with van der Waals surface area (Å²) >= 11 is 0. The summed E-state index contributed by atoms with van der Waals surface area (Å²) in [7, 11) is 0. The Balaban J connectivity index is 2.34. The predicted molar refractivity (Wildman–Crippen MR) is 83.8 cm³/mol. The van der Waals surface area contributed by atoms with E-state index >= 15 is 0 Å². The summed E-state index contributed by atoms with van der Waals surface area (Å²) in [5.41, 5.74) is -1.01. The van der Waals surface area contributed by atoms with E-state index in [4.69, 9.17) is 14.6 Å². The predicted octanol–water partition coefficient (Wildman–Crippen LogP) is 2.93. The van der Waals surface area contributed by atoms with Crippen molar-refractivity contribution in [1.82, 2.24) is 0 Å². The van der Waals surface area contributed by atoms with E-state index in [0.717, 1.165) is 25.7 Å². The molecule has 1 saturated carbocycles. The smallest absolute Gasteiger partial charge is 0.311 e. The lowest BCUT2D eigenvalue weighted by molar-refractivity contribution is -0.160. The molecule has 6 nitrogen and oxygen atoms in total. The Kier molecular flexibility index (Phi) is 7.03. The molecule has 0 aromatic heterocycles. The van der Waals surface area contributed by atoms with Crippen molar-refractivity contribution >= 4 is 17.9 Å². The highest BCUT2D eigenvalue weighted by Gasteiger charge is 2.38. The Labute approximate surface area is 137 Å². The van der Waals surface area contributed by atoms with Gasteiger partial charge in [0.05, 0.1) is 18.3 Å². The molecule has 0 atom stereocenters. The first-order valence-corrected chi connectivity index (χ1v) is 8.25. The van der Waals surface area contributed by atoms with Gasteiger partial charge < -0.3 is 14.6 Å². The van der Waals surface area contributed by atoms with Gasteiger partial charge in [-0.3, -0.25) is 14.4 Å². The Morgan fingerprint density at radius 1 is 1.04 bits per heavy atom. The van der Waals surface area contributed by atoms with Crippen molar-refractivity contribution in [3.05, 3.63) is 0 Å². The van der Waals surface area contributed by atoms with E-state index in [1.54, 1.807) is 13.8 Å². The maximum Gasteiger partial charge on any atom is 0.311 e. The third-order valence-electron chi connectivity index (χ3n) is 4.73. The third kappa shape index (κ3) is 6.20. The zero-order valence-corrected chi connectivity index (χ0v) is 14.4. The van der Waals surface area contributed by atoms with Crippen molar-refractivity contribution in [2.75, 3.05) is 13.2 Å². The van der Waals surface area contributed by atoms with Gasteiger partial charge in [0.2, 0.25) is 0 Å². The number of hydrogen-bond donors (Lipinski definition) is 1. The van der Waals surface area contributed by atoms with Gasteiger partial charge in [-0.15, -0.1) is 0 Å². The van der Waals surface area contributed by atoms with Crippen LogP contribution in [0, 0.1) is 10.8 Å². The zero-order chi connectivity index (χ0) is 17.5. The standard InChI is InChI=1S/C17H28O6/c1-4-16(2,3)15(21)23-10-9-22-14(20)12-17(11-13(18)19)7-5-6-8-17/h4-12H2,1-3H3,(H,18,19). The Bertz CT molecular complexity index is 434. The molecule has 1 fully saturated rings. The topological polar surface area (TPSA) is 89.9 Å². The van der Waals surface area contributed by atoms with Gasteiger partial charge in [-0.2, -0.15) is 0 Å². The summed E-state index contributed by atoms with van der Waals surface area (Å²) in [5.74, 6) is -1.61. The van der Waals surface area contributed by atoms with Crippen molar-refractivity contribution in [1.29, 1.82) is 0 Å². The molecule has 1 rings (SSSR count). The number of rotatable bonds is 9. The van der Waals surface area contributed by atoms with E-state index in [0.29, 0.717) is 6.42 Å². The number of carbonyl (C=O) groups is 3. The minimum absolute atomic E-state index is 0.00176. The van der Waals surface area contributed by atoms with Crippen molar-refractivity contribution < 1.29 is 29.0 Å². The number of esters is 2. The number of hydrogen-bond acceptors (Lipinski definition) is 5. The second-order valence-corrected chi connectivity index (χ2v) is 7.05. The zero-order valence-electron chi connectivity index (χ0n) is 14.4. The van der Waals surface area contributed by atoms with Crippen molar-refractivity contribution in [3.63, 3.8) is 0 Å². The van der Waals surface area contributed by atoms with Crippen LogP contribution in [0.3, 0.4) is 0 Å². The average molecular weight is 328 g/mol. The van der Waals surface area contributed by atoms with Crippen LogP contribution in [0.15, 0.2) is 0 Å². The second-order valence-electron chi connectivity index (χ2n) is 7.05. The fourth-order valence-electron chi connectivity index (χ4n) is 2.85. The fraction of sp³-hybridized carbons (Fsp3) is 0.824. The van der Waals surface area contributed by atoms with Crippen LogP contribution >= 0.6 is 0 Å². The quantitative estimate of drug-likeness (QED) is 0.517. The molecule has 0 aromatic rings. The molecular formula is C17H28O6. The summed E-state index contributed by atoms with van der Waals surface area (Å²) in [6.45, 7) is 5.55. The number of carboxylic acid groups (broad SMARTS) is 1. The van der Waals surface area contributed by atoms with Gasteiger partial charge in [0.25, 0.3) is 0 Å². The molecule has 0 saturated heterocycles.